The minimum atomic E-state index is 0.0921. The fraction of sp³-hybridized carbons (Fsp3) is 0.129. The highest BCUT2D eigenvalue weighted by molar-refractivity contribution is 6.26. The monoisotopic (exact) mass is 805 g/mol. The number of hydrogen-bond acceptors (Lipinski definition) is 0. The van der Waals surface area contributed by atoms with Gasteiger partial charge in [0.1, 0.15) is 0 Å². The van der Waals surface area contributed by atoms with E-state index >= 15 is 0 Å². The number of rotatable bonds is 3. The predicted octanol–water partition coefficient (Wildman–Crippen LogP) is 17.7. The second-order valence-electron chi connectivity index (χ2n) is 20.3. The smallest absolute Gasteiger partial charge is 0.0547 e. The van der Waals surface area contributed by atoms with Gasteiger partial charge >= 0.3 is 0 Å². The first kappa shape index (κ1) is 36.4. The van der Waals surface area contributed by atoms with Crippen molar-refractivity contribution in [3.05, 3.63) is 187 Å². The molecule has 13 rings (SSSR count). The number of nitrogens with zero attached hydrogens (tertiary/aromatic N) is 1. The van der Waals surface area contributed by atoms with E-state index in [0.29, 0.717) is 0 Å². The summed E-state index contributed by atoms with van der Waals surface area (Å²) in [7, 11) is 0. The van der Waals surface area contributed by atoms with Gasteiger partial charge in [-0.1, -0.05) is 163 Å². The first-order chi connectivity index (χ1) is 30.4. The van der Waals surface area contributed by atoms with Gasteiger partial charge in [0.05, 0.1) is 11.0 Å². The van der Waals surface area contributed by atoms with Crippen LogP contribution >= 0.6 is 0 Å². The van der Waals surface area contributed by atoms with Crippen molar-refractivity contribution in [2.24, 2.45) is 0 Å². The summed E-state index contributed by atoms with van der Waals surface area (Å²) >= 11 is 0. The van der Waals surface area contributed by atoms with Gasteiger partial charge in [0, 0.05) is 16.5 Å². The normalized spacial score (nSPS) is 12.9. The third-order valence-electron chi connectivity index (χ3n) is 14.2. The largest absolute Gasteiger partial charge is 0.309 e. The summed E-state index contributed by atoms with van der Waals surface area (Å²) in [6.45, 7) is 13.8. The molecule has 0 radical (unpaired) electrons. The Labute approximate surface area is 367 Å². The van der Waals surface area contributed by atoms with Crippen LogP contribution in [0.4, 0.5) is 0 Å². The summed E-state index contributed by atoms with van der Waals surface area (Å²) in [5, 5.41) is 20.9. The SMILES string of the molecule is CC(C)(C)c1cc2ccc3cc(-c4ccc5c6cc7cccc(-c8cc9ccc%10cc(C(C)(C)C)cc%11ccc(c8)c9c%10%11)c7cc6n(-c6ccccc6)c5c4)cc4ccc(c1)c2c34. The summed E-state index contributed by atoms with van der Waals surface area (Å²) in [5.41, 5.74) is 11.5. The highest BCUT2D eigenvalue weighted by Gasteiger charge is 2.21. The van der Waals surface area contributed by atoms with E-state index in [-0.39, 0.29) is 10.8 Å². The van der Waals surface area contributed by atoms with E-state index in [1.54, 1.807) is 0 Å². The van der Waals surface area contributed by atoms with Crippen LogP contribution in [0.2, 0.25) is 0 Å². The molecule has 1 heteroatoms. The van der Waals surface area contributed by atoms with Crippen LogP contribution in [0.1, 0.15) is 52.7 Å². The quantitative estimate of drug-likeness (QED) is 0.157. The Bertz CT molecular complexity index is 3880. The summed E-state index contributed by atoms with van der Waals surface area (Å²) < 4.78 is 2.48. The van der Waals surface area contributed by atoms with E-state index in [1.165, 1.54) is 131 Å². The van der Waals surface area contributed by atoms with Crippen LogP contribution in [-0.4, -0.2) is 4.57 Å². The third-order valence-corrected chi connectivity index (χ3v) is 14.2. The Morgan fingerprint density at radius 1 is 0.302 bits per heavy atom. The molecule has 300 valence electrons. The number of benzene rings is 12. The maximum absolute atomic E-state index is 2.48. The molecule has 0 aliphatic heterocycles. The van der Waals surface area contributed by atoms with Crippen LogP contribution in [-0.2, 0) is 10.8 Å². The van der Waals surface area contributed by atoms with Gasteiger partial charge in [0.2, 0.25) is 0 Å². The van der Waals surface area contributed by atoms with Crippen LogP contribution in [0.5, 0.6) is 0 Å². The van der Waals surface area contributed by atoms with Crippen molar-refractivity contribution < 1.29 is 0 Å². The molecule has 0 atom stereocenters. The van der Waals surface area contributed by atoms with Crippen molar-refractivity contribution in [3.8, 4) is 27.9 Å². The summed E-state index contributed by atoms with van der Waals surface area (Å²) in [6, 6.07) is 67.5. The molecule has 0 fully saturated rings. The average molecular weight is 806 g/mol. The molecular weight excluding hydrogens is 759 g/mol. The van der Waals surface area contributed by atoms with E-state index in [0.717, 1.165) is 5.69 Å². The number of aromatic nitrogens is 1. The molecule has 1 aromatic heterocycles. The third kappa shape index (κ3) is 5.42. The zero-order valence-electron chi connectivity index (χ0n) is 36.7. The molecule has 0 spiro atoms. The minimum Gasteiger partial charge on any atom is -0.309 e. The van der Waals surface area contributed by atoms with Crippen LogP contribution in [0.25, 0.3) is 125 Å². The highest BCUT2D eigenvalue weighted by Crippen LogP contribution is 2.44. The van der Waals surface area contributed by atoms with Crippen molar-refractivity contribution in [2.45, 2.75) is 52.4 Å². The summed E-state index contributed by atoms with van der Waals surface area (Å²) in [6.07, 6.45) is 0. The van der Waals surface area contributed by atoms with Gasteiger partial charge in [-0.2, -0.15) is 0 Å². The Balaban J connectivity index is 0.997. The van der Waals surface area contributed by atoms with Crippen molar-refractivity contribution in [2.75, 3.05) is 0 Å². The Morgan fingerprint density at radius 2 is 0.762 bits per heavy atom. The average Bonchev–Trinajstić information content (AvgIpc) is 3.60. The van der Waals surface area contributed by atoms with Crippen LogP contribution in [0, 0.1) is 0 Å². The van der Waals surface area contributed by atoms with Crippen molar-refractivity contribution in [3.63, 3.8) is 0 Å². The molecule has 0 unspecified atom stereocenters. The Hall–Kier alpha value is -7.22. The van der Waals surface area contributed by atoms with Crippen LogP contribution in [0.15, 0.2) is 176 Å². The topological polar surface area (TPSA) is 4.93 Å². The molecule has 63 heavy (non-hydrogen) atoms. The van der Waals surface area contributed by atoms with Gasteiger partial charge in [-0.05, 0) is 174 Å². The van der Waals surface area contributed by atoms with E-state index in [4.69, 9.17) is 0 Å². The molecule has 13 aromatic rings. The maximum atomic E-state index is 2.48. The lowest BCUT2D eigenvalue weighted by Crippen LogP contribution is -2.10. The van der Waals surface area contributed by atoms with Gasteiger partial charge in [-0.15, -0.1) is 0 Å². The van der Waals surface area contributed by atoms with Gasteiger partial charge in [-0.3, -0.25) is 0 Å². The second kappa shape index (κ2) is 12.7. The molecule has 1 nitrogen and oxygen atoms in total. The zero-order valence-corrected chi connectivity index (χ0v) is 36.7. The summed E-state index contributed by atoms with van der Waals surface area (Å²) in [4.78, 5) is 0. The molecule has 0 aliphatic rings. The number of fused-ring (bicyclic) bond motifs is 4. The standard InChI is InChI=1S/C62H47N/c1-61(2,3)48-29-42-19-15-38-25-46(26-39-16-20-43(30-48)59(42)57(38)39)36-23-24-52-54-33-37-11-10-14-51(53(37)35-56(54)63(55(52)34-36)50-12-8-7-9-13-50)47-27-40-17-21-44-31-49(62(4,5)6)32-45-22-18-41(28-47)58(40)60(44)45/h7-35H,1-6H3. The van der Waals surface area contributed by atoms with E-state index in [2.05, 4.69) is 222 Å². The molecular formula is C62H47N. The van der Waals surface area contributed by atoms with Crippen molar-refractivity contribution in [1.29, 1.82) is 0 Å². The first-order valence-electron chi connectivity index (χ1n) is 22.5. The minimum absolute atomic E-state index is 0.0921. The molecule has 1 heterocycles. The fourth-order valence-electron chi connectivity index (χ4n) is 10.9. The lowest BCUT2D eigenvalue weighted by atomic mass is 9.83. The lowest BCUT2D eigenvalue weighted by Gasteiger charge is -2.21. The van der Waals surface area contributed by atoms with Crippen molar-refractivity contribution >= 4 is 97.2 Å². The fourth-order valence-corrected chi connectivity index (χ4v) is 10.9. The zero-order chi connectivity index (χ0) is 42.5. The maximum Gasteiger partial charge on any atom is 0.0547 e. The Morgan fingerprint density at radius 3 is 1.25 bits per heavy atom. The molecule has 0 aliphatic carbocycles. The highest BCUT2D eigenvalue weighted by atomic mass is 15.0. The molecule has 0 bridgehead atoms. The molecule has 0 saturated heterocycles. The lowest BCUT2D eigenvalue weighted by molar-refractivity contribution is 0.591. The molecule has 0 amide bonds. The summed E-state index contributed by atoms with van der Waals surface area (Å²) in [5.74, 6) is 0. The second-order valence-corrected chi connectivity index (χ2v) is 20.3. The molecule has 0 N–H and O–H groups in total. The van der Waals surface area contributed by atoms with E-state index < -0.39 is 0 Å². The van der Waals surface area contributed by atoms with Crippen LogP contribution < -0.4 is 0 Å². The van der Waals surface area contributed by atoms with Gasteiger partial charge < -0.3 is 4.57 Å². The van der Waals surface area contributed by atoms with Gasteiger partial charge in [0.15, 0.2) is 0 Å². The van der Waals surface area contributed by atoms with Crippen LogP contribution in [0.3, 0.4) is 0 Å². The predicted molar refractivity (Wildman–Crippen MR) is 274 cm³/mol. The van der Waals surface area contributed by atoms with Gasteiger partial charge in [0.25, 0.3) is 0 Å². The van der Waals surface area contributed by atoms with Crippen molar-refractivity contribution in [1.82, 2.24) is 4.57 Å². The first-order valence-corrected chi connectivity index (χ1v) is 22.5. The molecule has 12 aromatic carbocycles. The van der Waals surface area contributed by atoms with E-state index in [9.17, 15) is 0 Å². The number of para-hydroxylation sites is 1. The van der Waals surface area contributed by atoms with E-state index in [1.807, 2.05) is 0 Å². The molecule has 0 saturated carbocycles. The van der Waals surface area contributed by atoms with Gasteiger partial charge in [-0.25, -0.2) is 0 Å². The number of hydrogen-bond donors (Lipinski definition) is 0. The Kier molecular flexibility index (Phi) is 7.33.